The normalized spacial score (nSPS) is 21.7. The molecule has 2 N–H and O–H groups in total. The van der Waals surface area contributed by atoms with Crippen LogP contribution in [0.25, 0.3) is 9.88 Å². The van der Waals surface area contributed by atoms with Crippen LogP contribution >= 0.6 is 22.7 Å². The number of hydrogen-bond acceptors (Lipinski definition) is 6. The zero-order chi connectivity index (χ0) is 15.0. The van der Waals surface area contributed by atoms with Gasteiger partial charge in [-0.15, -0.1) is 22.7 Å². The van der Waals surface area contributed by atoms with E-state index < -0.39 is 24.0 Å². The second kappa shape index (κ2) is 5.55. The van der Waals surface area contributed by atoms with Gasteiger partial charge >= 0.3 is 5.97 Å². The molecule has 110 valence electrons. The molecule has 1 amide bonds. The van der Waals surface area contributed by atoms with Crippen LogP contribution in [0.5, 0.6) is 0 Å². The number of rotatable bonds is 3. The number of hydrogen-bond donors (Lipinski definition) is 2. The first-order valence-corrected chi connectivity index (χ1v) is 8.03. The van der Waals surface area contributed by atoms with Crippen molar-refractivity contribution in [2.24, 2.45) is 0 Å². The van der Waals surface area contributed by atoms with Crippen LogP contribution in [0.1, 0.15) is 16.9 Å². The van der Waals surface area contributed by atoms with Crippen molar-refractivity contribution in [2.45, 2.75) is 18.6 Å². The maximum absolute atomic E-state index is 12.4. The molecule has 6 nitrogen and oxygen atoms in total. The minimum atomic E-state index is -1.10. The summed E-state index contributed by atoms with van der Waals surface area (Å²) in [6.45, 7) is 0.0294. The van der Waals surface area contributed by atoms with Crippen LogP contribution in [0.4, 0.5) is 0 Å². The van der Waals surface area contributed by atoms with Gasteiger partial charge in [-0.3, -0.25) is 4.79 Å². The topological polar surface area (TPSA) is 90.7 Å². The first-order chi connectivity index (χ1) is 10.1. The molecule has 0 saturated carbocycles. The lowest BCUT2D eigenvalue weighted by Crippen LogP contribution is -2.40. The number of β-amino-alcohol motifs (C(OH)–C–C–N with tert-alkyl or cyclic N) is 1. The Bertz CT molecular complexity index is 668. The number of carboxylic acids is 1. The number of aliphatic carboxylic acids is 1. The molecule has 8 heteroatoms. The summed E-state index contributed by atoms with van der Waals surface area (Å²) in [5.41, 5.74) is 0.226. The molecule has 3 rings (SSSR count). The Morgan fingerprint density at radius 3 is 2.86 bits per heavy atom. The molecule has 1 aliphatic heterocycles. The molecule has 0 spiro atoms. The summed E-state index contributed by atoms with van der Waals surface area (Å²) in [5, 5.41) is 23.0. The summed E-state index contributed by atoms with van der Waals surface area (Å²) in [6.07, 6.45) is -0.742. The zero-order valence-corrected chi connectivity index (χ0v) is 12.4. The van der Waals surface area contributed by atoms with E-state index in [0.29, 0.717) is 0 Å². The van der Waals surface area contributed by atoms with Crippen LogP contribution in [0.3, 0.4) is 0 Å². The zero-order valence-electron chi connectivity index (χ0n) is 10.8. The molecule has 2 aromatic rings. The van der Waals surface area contributed by atoms with Crippen molar-refractivity contribution in [2.75, 3.05) is 6.54 Å². The Hall–Kier alpha value is -1.77. The van der Waals surface area contributed by atoms with E-state index in [1.54, 1.807) is 5.38 Å². The molecular formula is C13H12N2O4S2. The van der Waals surface area contributed by atoms with E-state index >= 15 is 0 Å². The van der Waals surface area contributed by atoms with Crippen molar-refractivity contribution in [3.63, 3.8) is 0 Å². The third-order valence-corrected chi connectivity index (χ3v) is 5.16. The fraction of sp³-hybridized carbons (Fsp3) is 0.308. The van der Waals surface area contributed by atoms with Gasteiger partial charge in [0.05, 0.1) is 11.0 Å². The lowest BCUT2D eigenvalue weighted by molar-refractivity contribution is -0.141. The first kappa shape index (κ1) is 14.2. The summed E-state index contributed by atoms with van der Waals surface area (Å²) in [5.74, 6) is -1.55. The maximum atomic E-state index is 12.4. The highest BCUT2D eigenvalue weighted by Gasteiger charge is 2.39. The summed E-state index contributed by atoms with van der Waals surface area (Å²) in [6, 6.07) is 2.83. The second-order valence-electron chi connectivity index (χ2n) is 4.72. The fourth-order valence-electron chi connectivity index (χ4n) is 2.30. The summed E-state index contributed by atoms with van der Waals surface area (Å²) < 4.78 is 0. The molecule has 0 aliphatic carbocycles. The molecule has 1 aliphatic rings. The van der Waals surface area contributed by atoms with Crippen LogP contribution in [0, 0.1) is 0 Å². The van der Waals surface area contributed by atoms with Gasteiger partial charge in [-0.25, -0.2) is 9.78 Å². The number of carboxylic acid groups (broad SMARTS) is 1. The van der Waals surface area contributed by atoms with E-state index in [4.69, 9.17) is 5.11 Å². The minimum Gasteiger partial charge on any atom is -0.480 e. The first-order valence-electron chi connectivity index (χ1n) is 6.27. The number of aliphatic hydroxyl groups is 1. The molecule has 1 saturated heterocycles. The lowest BCUT2D eigenvalue weighted by atomic mass is 10.2. The number of thiophene rings is 1. The number of carbonyl (C=O) groups excluding carboxylic acids is 1. The number of thiazole rings is 1. The van der Waals surface area contributed by atoms with Crippen molar-refractivity contribution in [1.82, 2.24) is 9.88 Å². The van der Waals surface area contributed by atoms with Crippen LogP contribution < -0.4 is 0 Å². The van der Waals surface area contributed by atoms with Gasteiger partial charge in [0.1, 0.15) is 16.7 Å². The summed E-state index contributed by atoms with van der Waals surface area (Å²) in [7, 11) is 0. The molecule has 2 atom stereocenters. The number of likely N-dealkylation sites (tertiary alicyclic amines) is 1. The van der Waals surface area contributed by atoms with Crippen LogP contribution in [0.2, 0.25) is 0 Å². The highest BCUT2D eigenvalue weighted by atomic mass is 32.1. The van der Waals surface area contributed by atoms with E-state index in [2.05, 4.69) is 4.98 Å². The van der Waals surface area contributed by atoms with E-state index in [1.807, 2.05) is 17.5 Å². The van der Waals surface area contributed by atoms with E-state index in [1.165, 1.54) is 27.6 Å². The third-order valence-electron chi connectivity index (χ3n) is 3.28. The summed E-state index contributed by atoms with van der Waals surface area (Å²) in [4.78, 5) is 30.0. The molecule has 1 unspecified atom stereocenters. The lowest BCUT2D eigenvalue weighted by Gasteiger charge is -2.19. The largest absolute Gasteiger partial charge is 0.480 e. The van der Waals surface area contributed by atoms with E-state index in [9.17, 15) is 14.7 Å². The minimum absolute atomic E-state index is 0.0294. The summed E-state index contributed by atoms with van der Waals surface area (Å²) >= 11 is 2.87. The van der Waals surface area contributed by atoms with Crippen LogP contribution in [-0.2, 0) is 4.79 Å². The monoisotopic (exact) mass is 324 g/mol. The van der Waals surface area contributed by atoms with Gasteiger partial charge < -0.3 is 15.1 Å². The number of aromatic nitrogens is 1. The van der Waals surface area contributed by atoms with Gasteiger partial charge in [-0.1, -0.05) is 6.07 Å². The van der Waals surface area contributed by atoms with Crippen LogP contribution in [-0.4, -0.2) is 50.7 Å². The molecule has 2 aromatic heterocycles. The molecule has 0 bridgehead atoms. The van der Waals surface area contributed by atoms with Gasteiger partial charge in [0, 0.05) is 18.3 Å². The Balaban J connectivity index is 1.83. The molecule has 0 radical (unpaired) electrons. The van der Waals surface area contributed by atoms with Crippen molar-refractivity contribution < 1.29 is 19.8 Å². The van der Waals surface area contributed by atoms with Crippen molar-refractivity contribution in [3.05, 3.63) is 28.6 Å². The SMILES string of the molecule is O=C(O)[C@@H]1CC(O)CN1C(=O)c1csc(-c2cccs2)n1. The third kappa shape index (κ3) is 2.69. The number of nitrogens with zero attached hydrogens (tertiary/aromatic N) is 2. The Morgan fingerprint density at radius 2 is 2.19 bits per heavy atom. The molecule has 1 fully saturated rings. The smallest absolute Gasteiger partial charge is 0.326 e. The predicted octanol–water partition coefficient (Wildman–Crippen LogP) is 1.53. The van der Waals surface area contributed by atoms with Gasteiger partial charge in [-0.05, 0) is 11.4 Å². The molecule has 3 heterocycles. The van der Waals surface area contributed by atoms with Gasteiger partial charge in [0.15, 0.2) is 0 Å². The highest BCUT2D eigenvalue weighted by Crippen LogP contribution is 2.29. The van der Waals surface area contributed by atoms with E-state index in [0.717, 1.165) is 9.88 Å². The van der Waals surface area contributed by atoms with Crippen molar-refractivity contribution >= 4 is 34.6 Å². The standard InChI is InChI=1S/C13H12N2O4S2/c16-7-4-9(13(18)19)15(5-7)12(17)8-6-21-11(14-8)10-2-1-3-20-10/h1-3,6-7,9,16H,4-5H2,(H,18,19)/t7?,9-/m0/s1. The Labute approximate surface area is 128 Å². The van der Waals surface area contributed by atoms with Gasteiger partial charge in [-0.2, -0.15) is 0 Å². The number of carbonyl (C=O) groups is 2. The Morgan fingerprint density at radius 1 is 1.38 bits per heavy atom. The maximum Gasteiger partial charge on any atom is 0.326 e. The fourth-order valence-corrected chi connectivity index (χ4v) is 3.91. The van der Waals surface area contributed by atoms with Crippen LogP contribution in [0.15, 0.2) is 22.9 Å². The highest BCUT2D eigenvalue weighted by molar-refractivity contribution is 7.20. The second-order valence-corrected chi connectivity index (χ2v) is 6.52. The number of aliphatic hydroxyl groups excluding tert-OH is 1. The van der Waals surface area contributed by atoms with E-state index in [-0.39, 0.29) is 18.7 Å². The quantitative estimate of drug-likeness (QED) is 0.893. The number of amides is 1. The Kier molecular flexibility index (Phi) is 3.75. The molecule has 21 heavy (non-hydrogen) atoms. The van der Waals surface area contributed by atoms with Gasteiger partial charge in [0.25, 0.3) is 5.91 Å². The average molecular weight is 324 g/mol. The molecule has 0 aromatic carbocycles. The van der Waals surface area contributed by atoms with Gasteiger partial charge in [0.2, 0.25) is 0 Å². The van der Waals surface area contributed by atoms with Crippen molar-refractivity contribution in [3.8, 4) is 9.88 Å². The predicted molar refractivity (Wildman–Crippen MR) is 78.5 cm³/mol. The molecular weight excluding hydrogens is 312 g/mol. The average Bonchev–Trinajstić information content (AvgIpc) is 3.17. The van der Waals surface area contributed by atoms with Crippen molar-refractivity contribution in [1.29, 1.82) is 0 Å².